The Morgan fingerprint density at radius 3 is 2.66 bits per heavy atom. The zero-order valence-electron chi connectivity index (χ0n) is 18.9. The van der Waals surface area contributed by atoms with E-state index in [0.717, 1.165) is 63.2 Å². The van der Waals surface area contributed by atoms with Crippen LogP contribution in [0.4, 0.5) is 21.6 Å². The van der Waals surface area contributed by atoms with E-state index >= 15 is 0 Å². The van der Waals surface area contributed by atoms with Crippen molar-refractivity contribution in [1.82, 2.24) is 4.98 Å². The number of anilines is 3. The predicted molar refractivity (Wildman–Crippen MR) is 128 cm³/mol. The van der Waals surface area contributed by atoms with Crippen molar-refractivity contribution in [3.8, 4) is 0 Å². The number of benzene rings is 1. The molecule has 0 bridgehead atoms. The molecule has 3 aliphatic heterocycles. The molecule has 5 rings (SSSR count). The summed E-state index contributed by atoms with van der Waals surface area (Å²) in [4.78, 5) is 12.3. The molecule has 0 unspecified atom stereocenters. The molecule has 5 nitrogen and oxygen atoms in total. The first-order chi connectivity index (χ1) is 15.7. The maximum absolute atomic E-state index is 14.0. The number of aromatic nitrogens is 1. The molecular weight excluding hydrogens is 403 g/mol. The van der Waals surface area contributed by atoms with Crippen LogP contribution in [0.2, 0.25) is 0 Å². The summed E-state index contributed by atoms with van der Waals surface area (Å²) in [6.07, 6.45) is 10.8. The molecule has 172 valence electrons. The van der Waals surface area contributed by atoms with Gasteiger partial charge < -0.3 is 19.8 Å². The number of piperidine rings is 2. The summed E-state index contributed by atoms with van der Waals surface area (Å²) < 4.78 is 14.0. The fraction of sp³-hybridized carbons (Fsp3) is 0.577. The molecule has 3 saturated heterocycles. The minimum atomic E-state index is -0.174. The number of pyridine rings is 1. The summed E-state index contributed by atoms with van der Waals surface area (Å²) in [5.41, 5.74) is 2.26. The maximum Gasteiger partial charge on any atom is 0.131 e. The van der Waals surface area contributed by atoms with E-state index in [4.69, 9.17) is 4.98 Å². The van der Waals surface area contributed by atoms with Gasteiger partial charge in [-0.15, -0.1) is 0 Å². The van der Waals surface area contributed by atoms with E-state index < -0.39 is 0 Å². The Kier molecular flexibility index (Phi) is 6.49. The molecule has 0 spiro atoms. The predicted octanol–water partition coefficient (Wildman–Crippen LogP) is 4.60. The molecule has 1 aromatic carbocycles. The molecule has 0 aliphatic carbocycles. The molecule has 1 N–H and O–H groups in total. The minimum Gasteiger partial charge on any atom is -0.396 e. The Bertz CT molecular complexity index is 903. The number of aliphatic hydroxyl groups excluding tert-OH is 1. The van der Waals surface area contributed by atoms with Gasteiger partial charge in [0.05, 0.1) is 12.1 Å². The molecule has 6 heteroatoms. The van der Waals surface area contributed by atoms with Crippen LogP contribution in [0.25, 0.3) is 0 Å². The smallest absolute Gasteiger partial charge is 0.131 e. The molecule has 3 atom stereocenters. The third kappa shape index (κ3) is 4.29. The molecule has 0 radical (unpaired) electrons. The summed E-state index contributed by atoms with van der Waals surface area (Å²) in [7, 11) is 0. The van der Waals surface area contributed by atoms with Crippen LogP contribution in [0.15, 0.2) is 42.6 Å². The molecule has 1 aromatic heterocycles. The summed E-state index contributed by atoms with van der Waals surface area (Å²) >= 11 is 0. The molecule has 3 aliphatic rings. The van der Waals surface area contributed by atoms with Crippen LogP contribution in [-0.4, -0.2) is 54.5 Å². The first kappa shape index (κ1) is 21.5. The third-order valence-corrected chi connectivity index (χ3v) is 7.56. The summed E-state index contributed by atoms with van der Waals surface area (Å²) in [5, 5.41) is 9.52. The highest BCUT2D eigenvalue weighted by atomic mass is 19.1. The highest BCUT2D eigenvalue weighted by Crippen LogP contribution is 2.41. The molecule has 4 heterocycles. The van der Waals surface area contributed by atoms with Gasteiger partial charge in [0.15, 0.2) is 0 Å². The van der Waals surface area contributed by atoms with E-state index in [1.165, 1.54) is 31.0 Å². The minimum absolute atomic E-state index is 0.174. The van der Waals surface area contributed by atoms with E-state index in [0.29, 0.717) is 18.1 Å². The van der Waals surface area contributed by atoms with Gasteiger partial charge in [-0.3, -0.25) is 0 Å². The third-order valence-electron chi connectivity index (χ3n) is 7.56. The lowest BCUT2D eigenvalue weighted by atomic mass is 9.95. The first-order valence-electron chi connectivity index (χ1n) is 12.4. The van der Waals surface area contributed by atoms with Crippen LogP contribution in [0, 0.1) is 5.82 Å². The van der Waals surface area contributed by atoms with Crippen molar-refractivity contribution >= 4 is 17.2 Å². The SMILES string of the molecule is OCCC[C@H]1C[C@H]2[C@H](CCCN2c2cccc(F)c2)N1c1cc(N2CCCCC2)ccn1. The fourth-order valence-corrected chi connectivity index (χ4v) is 6.12. The molecule has 0 saturated carbocycles. The van der Waals surface area contributed by atoms with E-state index in [9.17, 15) is 9.50 Å². The van der Waals surface area contributed by atoms with Crippen LogP contribution in [0.5, 0.6) is 0 Å². The van der Waals surface area contributed by atoms with Crippen molar-refractivity contribution in [3.63, 3.8) is 0 Å². The van der Waals surface area contributed by atoms with Gasteiger partial charge in [0, 0.05) is 55.9 Å². The van der Waals surface area contributed by atoms with Crippen molar-refractivity contribution in [1.29, 1.82) is 0 Å². The van der Waals surface area contributed by atoms with Crippen LogP contribution in [0.3, 0.4) is 0 Å². The number of halogens is 1. The van der Waals surface area contributed by atoms with Gasteiger partial charge in [0.2, 0.25) is 0 Å². The Morgan fingerprint density at radius 2 is 1.84 bits per heavy atom. The van der Waals surface area contributed by atoms with E-state index in [2.05, 4.69) is 26.8 Å². The van der Waals surface area contributed by atoms with Crippen molar-refractivity contribution in [2.24, 2.45) is 0 Å². The second-order valence-corrected chi connectivity index (χ2v) is 9.53. The number of nitrogens with zero attached hydrogens (tertiary/aromatic N) is 4. The quantitative estimate of drug-likeness (QED) is 0.714. The van der Waals surface area contributed by atoms with Crippen LogP contribution < -0.4 is 14.7 Å². The van der Waals surface area contributed by atoms with Gasteiger partial charge >= 0.3 is 0 Å². The van der Waals surface area contributed by atoms with Crippen molar-refractivity contribution < 1.29 is 9.50 Å². The summed E-state index contributed by atoms with van der Waals surface area (Å²) in [6.45, 7) is 3.43. The van der Waals surface area contributed by atoms with Gasteiger partial charge in [-0.05, 0) is 75.6 Å². The molecule has 3 fully saturated rings. The van der Waals surface area contributed by atoms with Crippen LogP contribution >= 0.6 is 0 Å². The molecular formula is C26H35FN4O. The monoisotopic (exact) mass is 438 g/mol. The van der Waals surface area contributed by atoms with Crippen LogP contribution in [-0.2, 0) is 0 Å². The first-order valence-corrected chi connectivity index (χ1v) is 12.4. The second-order valence-electron chi connectivity index (χ2n) is 9.53. The Labute approximate surface area is 190 Å². The Hall–Kier alpha value is -2.34. The topological polar surface area (TPSA) is 42.8 Å². The molecule has 2 aromatic rings. The van der Waals surface area contributed by atoms with Crippen LogP contribution in [0.1, 0.15) is 51.4 Å². The fourth-order valence-electron chi connectivity index (χ4n) is 6.12. The zero-order valence-corrected chi connectivity index (χ0v) is 18.9. The number of hydrogen-bond acceptors (Lipinski definition) is 5. The van der Waals surface area contributed by atoms with Gasteiger partial charge in [0.1, 0.15) is 11.6 Å². The zero-order chi connectivity index (χ0) is 21.9. The standard InChI is InChI=1S/C26H35FN4O/c27-20-7-4-8-22(17-20)30-15-5-10-24-25(30)18-23(9-6-16-32)31(24)26-19-21(11-12-28-26)29-13-2-1-3-14-29/h4,7-8,11-12,17,19,23-25,32H,1-3,5-6,9-10,13-16,18H2/t23-,24-,25-/m0/s1. The van der Waals surface area contributed by atoms with Crippen molar-refractivity contribution in [2.45, 2.75) is 69.5 Å². The highest BCUT2D eigenvalue weighted by Gasteiger charge is 2.46. The molecule has 32 heavy (non-hydrogen) atoms. The van der Waals surface area contributed by atoms with E-state index in [-0.39, 0.29) is 12.4 Å². The maximum atomic E-state index is 14.0. The Balaban J connectivity index is 1.45. The number of fused-ring (bicyclic) bond motifs is 1. The lowest BCUT2D eigenvalue weighted by Gasteiger charge is -2.42. The normalized spacial score (nSPS) is 25.8. The average molecular weight is 439 g/mol. The lowest BCUT2D eigenvalue weighted by Crippen LogP contribution is -2.50. The van der Waals surface area contributed by atoms with E-state index in [1.807, 2.05) is 18.3 Å². The highest BCUT2D eigenvalue weighted by molar-refractivity contribution is 5.59. The Morgan fingerprint density at radius 1 is 0.969 bits per heavy atom. The van der Waals surface area contributed by atoms with Crippen molar-refractivity contribution in [3.05, 3.63) is 48.4 Å². The van der Waals surface area contributed by atoms with E-state index in [1.54, 1.807) is 6.07 Å². The summed E-state index contributed by atoms with van der Waals surface area (Å²) in [5.74, 6) is 0.886. The van der Waals surface area contributed by atoms with Gasteiger partial charge in [-0.1, -0.05) is 6.07 Å². The van der Waals surface area contributed by atoms with Gasteiger partial charge in [-0.2, -0.15) is 0 Å². The largest absolute Gasteiger partial charge is 0.396 e. The molecule has 0 amide bonds. The van der Waals surface area contributed by atoms with Gasteiger partial charge in [0.25, 0.3) is 0 Å². The van der Waals surface area contributed by atoms with Gasteiger partial charge in [-0.25, -0.2) is 9.37 Å². The number of hydrogen-bond donors (Lipinski definition) is 1. The summed E-state index contributed by atoms with van der Waals surface area (Å²) in [6, 6.07) is 12.5. The second kappa shape index (κ2) is 9.65. The number of rotatable bonds is 6. The van der Waals surface area contributed by atoms with Crippen molar-refractivity contribution in [2.75, 3.05) is 40.9 Å². The number of aliphatic hydroxyl groups is 1. The lowest BCUT2D eigenvalue weighted by molar-refractivity contribution is 0.279. The average Bonchev–Trinajstić information content (AvgIpc) is 3.22.